The largest absolute Gasteiger partial charge is 0.370 e. The molecule has 1 amide bonds. The van der Waals surface area contributed by atoms with Crippen LogP contribution in [0.2, 0.25) is 0 Å². The highest BCUT2D eigenvalue weighted by molar-refractivity contribution is 5.77. The summed E-state index contributed by atoms with van der Waals surface area (Å²) in [7, 11) is 0. The minimum Gasteiger partial charge on any atom is -0.370 e. The number of amides is 1. The van der Waals surface area contributed by atoms with Crippen molar-refractivity contribution in [3.05, 3.63) is 0 Å². The van der Waals surface area contributed by atoms with E-state index in [1.54, 1.807) is 0 Å². The first-order valence-corrected chi connectivity index (χ1v) is 12.0. The van der Waals surface area contributed by atoms with Gasteiger partial charge < -0.3 is 16.8 Å². The second-order valence-electron chi connectivity index (χ2n) is 8.12. The predicted octanol–water partition coefficient (Wildman–Crippen LogP) is 5.42. The van der Waals surface area contributed by atoms with Crippen LogP contribution in [0.1, 0.15) is 123 Å². The number of carbonyl (C=O) groups excluding carboxylic acids is 1. The summed E-state index contributed by atoms with van der Waals surface area (Å²) in [5, 5.41) is 2.93. The molecule has 5 heteroatoms. The fourth-order valence-corrected chi connectivity index (χ4v) is 3.47. The van der Waals surface area contributed by atoms with E-state index in [1.807, 2.05) is 6.92 Å². The summed E-state index contributed by atoms with van der Waals surface area (Å²) in [5.41, 5.74) is 10.8. The molecular formula is C23H48N4O. The molecule has 0 radical (unpaired) electrons. The third-order valence-electron chi connectivity index (χ3n) is 5.35. The Labute approximate surface area is 174 Å². The average molecular weight is 397 g/mol. The summed E-state index contributed by atoms with van der Waals surface area (Å²) in [6, 6.07) is -0.0185. The molecule has 0 aliphatic heterocycles. The molecule has 0 spiro atoms. The molecule has 0 aromatic rings. The zero-order chi connectivity index (χ0) is 20.9. The van der Waals surface area contributed by atoms with E-state index < -0.39 is 0 Å². The maximum atomic E-state index is 11.9. The van der Waals surface area contributed by atoms with Crippen LogP contribution in [-0.2, 0) is 4.79 Å². The van der Waals surface area contributed by atoms with E-state index in [4.69, 9.17) is 11.5 Å². The lowest BCUT2D eigenvalue weighted by Gasteiger charge is -2.11. The van der Waals surface area contributed by atoms with Crippen LogP contribution >= 0.6 is 0 Å². The maximum Gasteiger partial charge on any atom is 0.220 e. The fraction of sp³-hybridized carbons (Fsp3) is 0.913. The Bertz CT molecular complexity index is 381. The normalized spacial score (nSPS) is 11.9. The van der Waals surface area contributed by atoms with Crippen molar-refractivity contribution in [2.75, 3.05) is 6.54 Å². The second kappa shape index (κ2) is 20.5. The van der Waals surface area contributed by atoms with E-state index in [2.05, 4.69) is 17.2 Å². The van der Waals surface area contributed by atoms with Gasteiger partial charge >= 0.3 is 0 Å². The van der Waals surface area contributed by atoms with Crippen molar-refractivity contribution in [2.45, 2.75) is 129 Å². The molecule has 0 aromatic heterocycles. The lowest BCUT2D eigenvalue weighted by atomic mass is 10.0. The fourth-order valence-electron chi connectivity index (χ4n) is 3.47. The first kappa shape index (κ1) is 26.7. The Kier molecular flexibility index (Phi) is 19.6. The highest BCUT2D eigenvalue weighted by Crippen LogP contribution is 2.13. The van der Waals surface area contributed by atoms with Crippen LogP contribution in [0.25, 0.3) is 0 Å². The van der Waals surface area contributed by atoms with Crippen molar-refractivity contribution in [3.8, 4) is 0 Å². The van der Waals surface area contributed by atoms with Crippen LogP contribution in [0.3, 0.4) is 0 Å². The van der Waals surface area contributed by atoms with Gasteiger partial charge in [-0.2, -0.15) is 0 Å². The van der Waals surface area contributed by atoms with Crippen molar-refractivity contribution in [2.24, 2.45) is 16.5 Å². The molecular weight excluding hydrogens is 348 g/mol. The zero-order valence-corrected chi connectivity index (χ0v) is 18.8. The number of hydrogen-bond donors (Lipinski definition) is 3. The Morgan fingerprint density at radius 3 is 1.57 bits per heavy atom. The van der Waals surface area contributed by atoms with Gasteiger partial charge in [-0.25, -0.2) is 4.99 Å². The van der Waals surface area contributed by atoms with Gasteiger partial charge in [0.1, 0.15) is 0 Å². The van der Waals surface area contributed by atoms with Crippen molar-refractivity contribution in [1.29, 1.82) is 0 Å². The number of hydrogen-bond acceptors (Lipinski definition) is 2. The van der Waals surface area contributed by atoms with Crippen molar-refractivity contribution in [1.82, 2.24) is 5.32 Å². The van der Waals surface area contributed by atoms with Gasteiger partial charge in [0, 0.05) is 13.0 Å². The van der Waals surface area contributed by atoms with Crippen LogP contribution < -0.4 is 16.8 Å². The molecule has 0 saturated carbocycles. The number of unbranched alkanes of at least 4 members (excludes halogenated alkanes) is 14. The summed E-state index contributed by atoms with van der Waals surface area (Å²) in [5.74, 6) is 0.197. The molecule has 0 aliphatic rings. The van der Waals surface area contributed by atoms with Crippen LogP contribution in [-0.4, -0.2) is 24.5 Å². The third-order valence-corrected chi connectivity index (χ3v) is 5.35. The lowest BCUT2D eigenvalue weighted by molar-refractivity contribution is -0.121. The Balaban J connectivity index is 3.32. The molecule has 5 N–H and O–H groups in total. The molecule has 0 bridgehead atoms. The van der Waals surface area contributed by atoms with Gasteiger partial charge in [-0.3, -0.25) is 4.79 Å². The van der Waals surface area contributed by atoms with Crippen molar-refractivity contribution in [3.63, 3.8) is 0 Å². The van der Waals surface area contributed by atoms with Gasteiger partial charge in [0.25, 0.3) is 0 Å². The SMILES string of the molecule is CCCCCCCCCCCCCCCCCC(=O)NCC(CC)N=C(N)N. The predicted molar refractivity (Wildman–Crippen MR) is 122 cm³/mol. The molecule has 1 unspecified atom stereocenters. The topological polar surface area (TPSA) is 93.5 Å². The highest BCUT2D eigenvalue weighted by atomic mass is 16.1. The van der Waals surface area contributed by atoms with Crippen LogP contribution in [0.5, 0.6) is 0 Å². The summed E-state index contributed by atoms with van der Waals surface area (Å²) in [6.45, 7) is 4.81. The maximum absolute atomic E-state index is 11.9. The molecule has 0 aromatic carbocycles. The first-order chi connectivity index (χ1) is 13.6. The monoisotopic (exact) mass is 396 g/mol. The van der Waals surface area contributed by atoms with Crippen LogP contribution in [0, 0.1) is 0 Å². The molecule has 0 heterocycles. The summed E-state index contributed by atoms with van der Waals surface area (Å²) < 4.78 is 0. The van der Waals surface area contributed by atoms with E-state index in [-0.39, 0.29) is 17.9 Å². The quantitative estimate of drug-likeness (QED) is 0.146. The van der Waals surface area contributed by atoms with Gasteiger partial charge in [-0.15, -0.1) is 0 Å². The average Bonchev–Trinajstić information content (AvgIpc) is 2.67. The molecule has 0 rings (SSSR count). The number of nitrogens with one attached hydrogen (secondary N) is 1. The lowest BCUT2D eigenvalue weighted by Crippen LogP contribution is -2.33. The zero-order valence-electron chi connectivity index (χ0n) is 18.8. The van der Waals surface area contributed by atoms with E-state index in [0.717, 1.165) is 19.3 Å². The molecule has 166 valence electrons. The van der Waals surface area contributed by atoms with Gasteiger partial charge in [0.2, 0.25) is 5.91 Å². The molecule has 5 nitrogen and oxygen atoms in total. The minimum absolute atomic E-state index is 0.0185. The molecule has 0 saturated heterocycles. The number of rotatable bonds is 20. The minimum atomic E-state index is -0.0185. The molecule has 1 atom stereocenters. The van der Waals surface area contributed by atoms with Gasteiger partial charge in [0.15, 0.2) is 5.96 Å². The van der Waals surface area contributed by atoms with E-state index in [1.165, 1.54) is 83.5 Å². The van der Waals surface area contributed by atoms with Crippen LogP contribution in [0.15, 0.2) is 4.99 Å². The van der Waals surface area contributed by atoms with E-state index >= 15 is 0 Å². The van der Waals surface area contributed by atoms with Crippen LogP contribution in [0.4, 0.5) is 0 Å². The number of nitrogens with zero attached hydrogens (tertiary/aromatic N) is 1. The standard InChI is InChI=1S/C23H48N4O/c1-3-5-6-7-8-9-10-11-12-13-14-15-16-17-18-19-22(28)26-20-21(4-2)27-23(24)25/h21H,3-20H2,1-2H3,(H,26,28)(H4,24,25,27). The summed E-state index contributed by atoms with van der Waals surface area (Å²) in [4.78, 5) is 16.0. The number of guanidine groups is 1. The molecule has 28 heavy (non-hydrogen) atoms. The number of nitrogens with two attached hydrogens (primary N) is 2. The van der Waals surface area contributed by atoms with Gasteiger partial charge in [-0.1, -0.05) is 104 Å². The number of aliphatic imine (C=N–C) groups is 1. The van der Waals surface area contributed by atoms with Crippen molar-refractivity contribution < 1.29 is 4.79 Å². The second-order valence-corrected chi connectivity index (χ2v) is 8.12. The smallest absolute Gasteiger partial charge is 0.220 e. The molecule has 0 aliphatic carbocycles. The number of carbonyl (C=O) groups is 1. The summed E-state index contributed by atoms with van der Waals surface area (Å²) >= 11 is 0. The van der Waals surface area contributed by atoms with E-state index in [9.17, 15) is 4.79 Å². The highest BCUT2D eigenvalue weighted by Gasteiger charge is 2.07. The first-order valence-electron chi connectivity index (χ1n) is 12.0. The summed E-state index contributed by atoms with van der Waals surface area (Å²) in [6.07, 6.45) is 21.5. The van der Waals surface area contributed by atoms with Gasteiger partial charge in [-0.05, 0) is 12.8 Å². The Morgan fingerprint density at radius 2 is 1.18 bits per heavy atom. The Morgan fingerprint density at radius 1 is 0.750 bits per heavy atom. The third kappa shape index (κ3) is 19.5. The Hall–Kier alpha value is -1.26. The van der Waals surface area contributed by atoms with Crippen molar-refractivity contribution >= 4 is 11.9 Å². The van der Waals surface area contributed by atoms with Gasteiger partial charge in [0.05, 0.1) is 6.04 Å². The molecule has 0 fully saturated rings. The van der Waals surface area contributed by atoms with E-state index in [0.29, 0.717) is 13.0 Å².